The van der Waals surface area contributed by atoms with Crippen molar-refractivity contribution in [3.8, 4) is 0 Å². The Balaban J connectivity index is 1.75. The summed E-state index contributed by atoms with van der Waals surface area (Å²) in [7, 11) is 0. The van der Waals surface area contributed by atoms with E-state index in [1.165, 1.54) is 19.3 Å². The van der Waals surface area contributed by atoms with E-state index in [0.717, 1.165) is 17.7 Å². The predicted octanol–water partition coefficient (Wildman–Crippen LogP) is 6.20. The lowest BCUT2D eigenvalue weighted by atomic mass is 10.1. The first-order valence-electron chi connectivity index (χ1n) is 11.2. The lowest BCUT2D eigenvalue weighted by Gasteiger charge is -2.18. The smallest absolute Gasteiger partial charge is 0.417 e. The molecule has 2 aromatic carbocycles. The average Bonchev–Trinajstić information content (AvgIpc) is 2.84. The quantitative estimate of drug-likeness (QED) is 0.238. The van der Waals surface area contributed by atoms with Crippen LogP contribution < -0.4 is 10.6 Å². The minimum Gasteiger partial charge on any atom is -0.466 e. The molecule has 0 radical (unpaired) electrons. The number of carbonyl (C=O) groups excluding carboxylic acids is 3. The molecule has 0 bridgehead atoms. The number of hydrogen-bond donors (Lipinski definition) is 2. The van der Waals surface area contributed by atoms with Crippen molar-refractivity contribution in [2.75, 3.05) is 17.2 Å². The van der Waals surface area contributed by atoms with Crippen molar-refractivity contribution < 1.29 is 32.3 Å². The first-order valence-corrected chi connectivity index (χ1v) is 11.5. The molecule has 3 rings (SSSR count). The molecule has 3 aromatic rings. The molecule has 1 amide bonds. The largest absolute Gasteiger partial charge is 0.466 e. The van der Waals surface area contributed by atoms with Crippen molar-refractivity contribution in [2.24, 2.45) is 0 Å². The Kier molecular flexibility index (Phi) is 9.24. The molecule has 0 aliphatic rings. The van der Waals surface area contributed by atoms with Crippen molar-refractivity contribution >= 4 is 46.3 Å². The molecule has 7 nitrogen and oxygen atoms in total. The minimum atomic E-state index is -4.74. The van der Waals surface area contributed by atoms with Crippen molar-refractivity contribution in [3.63, 3.8) is 0 Å². The number of nitrogens with zero attached hydrogens (tertiary/aromatic N) is 1. The van der Waals surface area contributed by atoms with Crippen molar-refractivity contribution in [1.82, 2.24) is 4.98 Å². The van der Waals surface area contributed by atoms with Crippen LogP contribution in [-0.2, 0) is 26.9 Å². The summed E-state index contributed by atoms with van der Waals surface area (Å²) in [6.45, 7) is 1.54. The van der Waals surface area contributed by atoms with Gasteiger partial charge in [-0.25, -0.2) is 0 Å². The number of Topliss-reactive ketones (excluding diaryl/α,β-unsaturated/α-hetero) is 1. The fourth-order valence-corrected chi connectivity index (χ4v) is 3.60. The maximum absolute atomic E-state index is 13.5. The summed E-state index contributed by atoms with van der Waals surface area (Å²) in [5.74, 6) is -1.34. The molecule has 0 saturated heterocycles. The standard InChI is InChI=1S/C26H23ClF3N3O4/c1-16(34)37-12-10-17-4-6-19(7-5-17)32-23-14-21(27)20(26(28,29)30)13-22(23)33-25(36)9-8-24(35)18-3-2-11-31-15-18/h2-7,11,13-15,32H,8-10,12H2,1H3,(H,33,36). The third kappa shape index (κ3) is 8.32. The van der Waals surface area contributed by atoms with Gasteiger partial charge in [-0.05, 0) is 42.0 Å². The molecule has 0 spiro atoms. The molecular weight excluding hydrogens is 511 g/mol. The van der Waals surface area contributed by atoms with Crippen LogP contribution in [0.3, 0.4) is 0 Å². The molecule has 1 aromatic heterocycles. The van der Waals surface area contributed by atoms with Crippen LogP contribution in [0.2, 0.25) is 5.02 Å². The fourth-order valence-electron chi connectivity index (χ4n) is 3.33. The number of ether oxygens (including phenoxy) is 1. The SMILES string of the molecule is CC(=O)OCCc1ccc(Nc2cc(Cl)c(C(F)(F)F)cc2NC(=O)CCC(=O)c2cccnc2)cc1. The molecule has 0 aliphatic heterocycles. The van der Waals surface area contributed by atoms with Crippen LogP contribution in [0.25, 0.3) is 0 Å². The molecule has 0 atom stereocenters. The van der Waals surface area contributed by atoms with Crippen LogP contribution in [0.4, 0.5) is 30.2 Å². The monoisotopic (exact) mass is 533 g/mol. The molecule has 0 fully saturated rings. The van der Waals surface area contributed by atoms with Crippen molar-refractivity contribution in [1.29, 1.82) is 0 Å². The second-order valence-electron chi connectivity index (χ2n) is 8.00. The van der Waals surface area contributed by atoms with Gasteiger partial charge in [-0.2, -0.15) is 13.2 Å². The van der Waals surface area contributed by atoms with E-state index in [0.29, 0.717) is 17.7 Å². The molecule has 194 valence electrons. The zero-order valence-corrected chi connectivity index (χ0v) is 20.4. The number of rotatable bonds is 10. The molecule has 0 saturated carbocycles. The van der Waals surface area contributed by atoms with Gasteiger partial charge in [0.1, 0.15) is 0 Å². The summed E-state index contributed by atoms with van der Waals surface area (Å²) in [4.78, 5) is 39.5. The highest BCUT2D eigenvalue weighted by Gasteiger charge is 2.34. The van der Waals surface area contributed by atoms with Crippen molar-refractivity contribution in [2.45, 2.75) is 32.4 Å². The highest BCUT2D eigenvalue weighted by molar-refractivity contribution is 6.32. The van der Waals surface area contributed by atoms with Gasteiger partial charge in [0.2, 0.25) is 5.91 Å². The molecule has 11 heteroatoms. The Morgan fingerprint density at radius 3 is 2.38 bits per heavy atom. The van der Waals surface area contributed by atoms with Crippen LogP contribution >= 0.6 is 11.6 Å². The molecule has 0 aliphatic carbocycles. The number of benzene rings is 2. The number of alkyl halides is 3. The van der Waals surface area contributed by atoms with E-state index >= 15 is 0 Å². The number of nitrogens with one attached hydrogen (secondary N) is 2. The van der Waals surface area contributed by atoms with Crippen LogP contribution in [-0.4, -0.2) is 29.3 Å². The molecule has 2 N–H and O–H groups in total. The van der Waals surface area contributed by atoms with Gasteiger partial charge in [0.05, 0.1) is 28.6 Å². The maximum Gasteiger partial charge on any atom is 0.417 e. The highest BCUT2D eigenvalue weighted by Crippen LogP contribution is 2.40. The van der Waals surface area contributed by atoms with Gasteiger partial charge in [0.15, 0.2) is 5.78 Å². The normalized spacial score (nSPS) is 11.1. The molecular formula is C26H23ClF3N3O4. The summed E-state index contributed by atoms with van der Waals surface area (Å²) in [5, 5.41) is 4.87. The fraction of sp³-hybridized carbons (Fsp3) is 0.231. The number of esters is 1. The van der Waals surface area contributed by atoms with Gasteiger partial charge in [-0.3, -0.25) is 19.4 Å². The maximum atomic E-state index is 13.5. The zero-order valence-electron chi connectivity index (χ0n) is 19.7. The summed E-state index contributed by atoms with van der Waals surface area (Å²) in [5.41, 5.74) is 0.618. The van der Waals surface area contributed by atoms with Gasteiger partial charge >= 0.3 is 12.1 Å². The number of aromatic nitrogens is 1. The van der Waals surface area contributed by atoms with Crippen LogP contribution in [0.1, 0.15) is 41.3 Å². The van der Waals surface area contributed by atoms with E-state index in [1.807, 2.05) is 0 Å². The Morgan fingerprint density at radius 1 is 1.03 bits per heavy atom. The van der Waals surface area contributed by atoms with E-state index < -0.39 is 22.7 Å². The Hall–Kier alpha value is -3.92. The van der Waals surface area contributed by atoms with Crippen LogP contribution in [0.5, 0.6) is 0 Å². The average molecular weight is 534 g/mol. The predicted molar refractivity (Wildman–Crippen MR) is 133 cm³/mol. The third-order valence-corrected chi connectivity index (χ3v) is 5.49. The molecule has 37 heavy (non-hydrogen) atoms. The van der Waals surface area contributed by atoms with E-state index in [-0.39, 0.29) is 42.6 Å². The molecule has 0 unspecified atom stereocenters. The molecule has 1 heterocycles. The lowest BCUT2D eigenvalue weighted by molar-refractivity contribution is -0.141. The van der Waals surface area contributed by atoms with E-state index in [9.17, 15) is 27.6 Å². The second-order valence-corrected chi connectivity index (χ2v) is 8.41. The lowest BCUT2D eigenvalue weighted by Crippen LogP contribution is -2.16. The van der Waals surface area contributed by atoms with Crippen LogP contribution in [0, 0.1) is 0 Å². The Morgan fingerprint density at radius 2 is 1.76 bits per heavy atom. The van der Waals surface area contributed by atoms with Gasteiger partial charge in [0.25, 0.3) is 0 Å². The zero-order chi connectivity index (χ0) is 27.0. The summed E-state index contributed by atoms with van der Waals surface area (Å²) >= 11 is 5.90. The summed E-state index contributed by atoms with van der Waals surface area (Å²) in [6, 6.07) is 11.9. The number of amides is 1. The first-order chi connectivity index (χ1) is 17.5. The van der Waals surface area contributed by atoms with Gasteiger partial charge < -0.3 is 15.4 Å². The van der Waals surface area contributed by atoms with E-state index in [2.05, 4.69) is 15.6 Å². The summed E-state index contributed by atoms with van der Waals surface area (Å²) in [6.07, 6.45) is -1.75. The minimum absolute atomic E-state index is 0.137. The first kappa shape index (κ1) is 27.7. The number of anilines is 3. The second kappa shape index (κ2) is 12.4. The number of ketones is 1. The van der Waals surface area contributed by atoms with Crippen molar-refractivity contribution in [3.05, 3.63) is 82.6 Å². The van der Waals surface area contributed by atoms with Crippen LogP contribution in [0.15, 0.2) is 60.9 Å². The highest BCUT2D eigenvalue weighted by atomic mass is 35.5. The van der Waals surface area contributed by atoms with E-state index in [1.54, 1.807) is 36.4 Å². The number of halogens is 4. The Labute approximate surface area is 216 Å². The summed E-state index contributed by atoms with van der Waals surface area (Å²) < 4.78 is 45.3. The Bertz CT molecular complexity index is 1270. The number of pyridine rings is 1. The van der Waals surface area contributed by atoms with E-state index in [4.69, 9.17) is 16.3 Å². The number of carbonyl (C=O) groups is 3. The topological polar surface area (TPSA) is 97.4 Å². The third-order valence-electron chi connectivity index (χ3n) is 5.18. The van der Waals surface area contributed by atoms with Gasteiger partial charge in [-0.1, -0.05) is 23.7 Å². The van der Waals surface area contributed by atoms with Gasteiger partial charge in [0, 0.05) is 49.8 Å². The van der Waals surface area contributed by atoms with Gasteiger partial charge in [-0.15, -0.1) is 0 Å². The number of hydrogen-bond acceptors (Lipinski definition) is 6.